The van der Waals surface area contributed by atoms with Crippen molar-refractivity contribution in [2.45, 2.75) is 6.92 Å². The van der Waals surface area contributed by atoms with Crippen molar-refractivity contribution >= 4 is 16.7 Å². The molecular formula is C16H14FN3O. The minimum atomic E-state index is -0.457. The van der Waals surface area contributed by atoms with Gasteiger partial charge in [0.25, 0.3) is 0 Å². The summed E-state index contributed by atoms with van der Waals surface area (Å²) in [7, 11) is 1.42. The largest absolute Gasteiger partial charge is 0.494 e. The van der Waals surface area contributed by atoms with E-state index in [-0.39, 0.29) is 5.75 Å². The molecule has 106 valence electrons. The Bertz CT molecular complexity index is 833. The fourth-order valence-corrected chi connectivity index (χ4v) is 2.20. The number of hydrogen-bond donors (Lipinski definition) is 1. The first-order valence-electron chi connectivity index (χ1n) is 6.46. The van der Waals surface area contributed by atoms with Crippen LogP contribution in [0.4, 0.5) is 10.2 Å². The van der Waals surface area contributed by atoms with Crippen LogP contribution in [-0.4, -0.2) is 17.1 Å². The van der Waals surface area contributed by atoms with Gasteiger partial charge in [-0.05, 0) is 37.3 Å². The van der Waals surface area contributed by atoms with Gasteiger partial charge in [-0.2, -0.15) is 0 Å². The van der Waals surface area contributed by atoms with E-state index in [1.807, 2.05) is 25.1 Å². The molecule has 0 saturated heterocycles. The first kappa shape index (κ1) is 13.3. The van der Waals surface area contributed by atoms with Crippen LogP contribution in [0.3, 0.4) is 0 Å². The van der Waals surface area contributed by atoms with E-state index >= 15 is 0 Å². The molecule has 5 heteroatoms. The molecule has 4 nitrogen and oxygen atoms in total. The van der Waals surface area contributed by atoms with Gasteiger partial charge >= 0.3 is 0 Å². The minimum Gasteiger partial charge on any atom is -0.494 e. The molecule has 0 aliphatic rings. The maximum atomic E-state index is 13.8. The maximum Gasteiger partial charge on any atom is 0.165 e. The van der Waals surface area contributed by atoms with Crippen LogP contribution in [0.15, 0.2) is 36.4 Å². The van der Waals surface area contributed by atoms with Crippen molar-refractivity contribution in [2.24, 2.45) is 0 Å². The molecule has 0 amide bonds. The van der Waals surface area contributed by atoms with Gasteiger partial charge in [-0.3, -0.25) is 0 Å². The monoisotopic (exact) mass is 283 g/mol. The Morgan fingerprint density at radius 2 is 1.90 bits per heavy atom. The fourth-order valence-electron chi connectivity index (χ4n) is 2.20. The average Bonchev–Trinajstić information content (AvgIpc) is 2.47. The fraction of sp³-hybridized carbons (Fsp3) is 0.125. The summed E-state index contributed by atoms with van der Waals surface area (Å²) in [5, 5.41) is 0.799. The van der Waals surface area contributed by atoms with Crippen molar-refractivity contribution in [3.8, 4) is 17.1 Å². The molecular weight excluding hydrogens is 269 g/mol. The summed E-state index contributed by atoms with van der Waals surface area (Å²) in [6.45, 7) is 1.98. The number of aromatic nitrogens is 2. The highest BCUT2D eigenvalue weighted by molar-refractivity contribution is 5.90. The molecule has 0 bridgehead atoms. The van der Waals surface area contributed by atoms with Crippen molar-refractivity contribution in [3.05, 3.63) is 47.8 Å². The van der Waals surface area contributed by atoms with Crippen LogP contribution in [0.25, 0.3) is 22.3 Å². The van der Waals surface area contributed by atoms with Crippen molar-refractivity contribution in [3.63, 3.8) is 0 Å². The number of fused-ring (bicyclic) bond motifs is 1. The van der Waals surface area contributed by atoms with Gasteiger partial charge in [0.1, 0.15) is 5.82 Å². The van der Waals surface area contributed by atoms with Gasteiger partial charge in [0.15, 0.2) is 17.4 Å². The number of nitrogens with two attached hydrogens (primary N) is 1. The Morgan fingerprint density at radius 3 is 2.62 bits per heavy atom. The van der Waals surface area contributed by atoms with Crippen molar-refractivity contribution in [1.82, 2.24) is 9.97 Å². The molecule has 0 fully saturated rings. The topological polar surface area (TPSA) is 61.0 Å². The van der Waals surface area contributed by atoms with E-state index in [0.29, 0.717) is 17.2 Å². The smallest absolute Gasteiger partial charge is 0.165 e. The molecule has 0 aliphatic heterocycles. The SMILES string of the molecule is COc1ccc(-c2nc(N)c3cc(C)ccc3n2)cc1F. The Labute approximate surface area is 121 Å². The van der Waals surface area contributed by atoms with Gasteiger partial charge in [-0.25, -0.2) is 14.4 Å². The molecule has 0 aliphatic carbocycles. The second-order valence-electron chi connectivity index (χ2n) is 4.80. The summed E-state index contributed by atoms with van der Waals surface area (Å²) in [5.41, 5.74) is 8.37. The van der Waals surface area contributed by atoms with E-state index in [2.05, 4.69) is 9.97 Å². The second kappa shape index (κ2) is 5.01. The van der Waals surface area contributed by atoms with Crippen LogP contribution in [0.2, 0.25) is 0 Å². The van der Waals surface area contributed by atoms with Crippen molar-refractivity contribution in [1.29, 1.82) is 0 Å². The number of hydrogen-bond acceptors (Lipinski definition) is 4. The van der Waals surface area contributed by atoms with Crippen LogP contribution in [-0.2, 0) is 0 Å². The normalized spacial score (nSPS) is 10.8. The number of aryl methyl sites for hydroxylation is 1. The lowest BCUT2D eigenvalue weighted by molar-refractivity contribution is 0.386. The zero-order valence-electron chi connectivity index (χ0n) is 11.7. The number of anilines is 1. The zero-order chi connectivity index (χ0) is 15.0. The maximum absolute atomic E-state index is 13.8. The van der Waals surface area contributed by atoms with E-state index in [1.54, 1.807) is 12.1 Å². The van der Waals surface area contributed by atoms with Gasteiger partial charge in [-0.15, -0.1) is 0 Å². The van der Waals surface area contributed by atoms with Crippen LogP contribution in [0.1, 0.15) is 5.56 Å². The van der Waals surface area contributed by atoms with Gasteiger partial charge in [-0.1, -0.05) is 11.6 Å². The summed E-state index contributed by atoms with van der Waals surface area (Å²) < 4.78 is 18.7. The van der Waals surface area contributed by atoms with Crippen molar-refractivity contribution < 1.29 is 9.13 Å². The minimum absolute atomic E-state index is 0.183. The van der Waals surface area contributed by atoms with E-state index in [1.165, 1.54) is 13.2 Å². The highest BCUT2D eigenvalue weighted by Gasteiger charge is 2.10. The molecule has 0 atom stereocenters. The van der Waals surface area contributed by atoms with Gasteiger partial charge in [0.2, 0.25) is 0 Å². The third-order valence-corrected chi connectivity index (χ3v) is 3.29. The number of rotatable bonds is 2. The molecule has 0 radical (unpaired) electrons. The molecule has 2 aromatic carbocycles. The van der Waals surface area contributed by atoms with Gasteiger partial charge in [0, 0.05) is 10.9 Å². The third-order valence-electron chi connectivity index (χ3n) is 3.29. The van der Waals surface area contributed by atoms with Crippen molar-refractivity contribution in [2.75, 3.05) is 12.8 Å². The number of halogens is 1. The average molecular weight is 283 g/mol. The van der Waals surface area contributed by atoms with Crippen LogP contribution in [0, 0.1) is 12.7 Å². The summed E-state index contributed by atoms with van der Waals surface area (Å²) in [5.74, 6) is 0.504. The van der Waals surface area contributed by atoms with Gasteiger partial charge < -0.3 is 10.5 Å². The Kier molecular flexibility index (Phi) is 3.17. The molecule has 1 heterocycles. The lowest BCUT2D eigenvalue weighted by Crippen LogP contribution is -1.98. The van der Waals surface area contributed by atoms with E-state index in [9.17, 15) is 4.39 Å². The van der Waals surface area contributed by atoms with Crippen LogP contribution >= 0.6 is 0 Å². The molecule has 0 unspecified atom stereocenters. The summed E-state index contributed by atoms with van der Waals surface area (Å²) in [4.78, 5) is 8.71. The highest BCUT2D eigenvalue weighted by atomic mass is 19.1. The number of benzene rings is 2. The summed E-state index contributed by atoms with van der Waals surface area (Å²) in [6.07, 6.45) is 0. The number of ether oxygens (including phenoxy) is 1. The zero-order valence-corrected chi connectivity index (χ0v) is 11.7. The standard InChI is InChI=1S/C16H14FN3O/c1-9-3-5-13-11(7-9)15(18)20-16(19-13)10-4-6-14(21-2)12(17)8-10/h3-8H,1-2H3,(H2,18,19,20). The molecule has 1 aromatic heterocycles. The molecule has 3 rings (SSSR count). The lowest BCUT2D eigenvalue weighted by Gasteiger charge is -2.07. The first-order valence-corrected chi connectivity index (χ1v) is 6.46. The molecule has 21 heavy (non-hydrogen) atoms. The predicted octanol–water partition coefficient (Wildman–Crippen LogP) is 3.34. The van der Waals surface area contributed by atoms with E-state index in [4.69, 9.17) is 10.5 Å². The van der Waals surface area contributed by atoms with Crippen LogP contribution < -0.4 is 10.5 Å². The Hall–Kier alpha value is -2.69. The number of nitrogens with zero attached hydrogens (tertiary/aromatic N) is 2. The first-order chi connectivity index (χ1) is 10.1. The quantitative estimate of drug-likeness (QED) is 0.783. The number of nitrogen functional groups attached to an aromatic ring is 1. The highest BCUT2D eigenvalue weighted by Crippen LogP contribution is 2.27. The molecule has 0 saturated carbocycles. The Morgan fingerprint density at radius 1 is 1.10 bits per heavy atom. The van der Waals surface area contributed by atoms with E-state index in [0.717, 1.165) is 16.5 Å². The van der Waals surface area contributed by atoms with E-state index < -0.39 is 5.82 Å². The third kappa shape index (κ3) is 2.38. The summed E-state index contributed by atoms with van der Waals surface area (Å²) >= 11 is 0. The molecule has 2 N–H and O–H groups in total. The second-order valence-corrected chi connectivity index (χ2v) is 4.80. The predicted molar refractivity (Wildman–Crippen MR) is 80.6 cm³/mol. The number of methoxy groups -OCH3 is 1. The molecule has 0 spiro atoms. The lowest BCUT2D eigenvalue weighted by atomic mass is 10.1. The summed E-state index contributed by atoms with van der Waals surface area (Å²) in [6, 6.07) is 10.4. The molecule has 3 aromatic rings. The van der Waals surface area contributed by atoms with Crippen LogP contribution in [0.5, 0.6) is 5.75 Å². The Balaban J connectivity index is 2.17. The van der Waals surface area contributed by atoms with Gasteiger partial charge in [0.05, 0.1) is 12.6 Å².